The van der Waals surface area contributed by atoms with Crippen molar-refractivity contribution in [2.75, 3.05) is 26.9 Å². The van der Waals surface area contributed by atoms with E-state index in [0.29, 0.717) is 38.9 Å². The summed E-state index contributed by atoms with van der Waals surface area (Å²) in [7, 11) is 1.25. The molecule has 0 radical (unpaired) electrons. The molecule has 4 aromatic rings. The lowest BCUT2D eigenvalue weighted by Gasteiger charge is -2.25. The summed E-state index contributed by atoms with van der Waals surface area (Å²) in [6.07, 6.45) is 1.54. The predicted octanol–water partition coefficient (Wildman–Crippen LogP) is 4.57. The molecule has 0 aliphatic carbocycles. The topological polar surface area (TPSA) is 162 Å². The van der Waals surface area contributed by atoms with Gasteiger partial charge in [-0.05, 0) is 62.7 Å². The molecule has 0 amide bonds. The van der Waals surface area contributed by atoms with Gasteiger partial charge in [-0.3, -0.25) is 19.5 Å². The lowest BCUT2D eigenvalue weighted by molar-refractivity contribution is -0.384. The van der Waals surface area contributed by atoms with E-state index in [1.54, 1.807) is 57.2 Å². The molecule has 0 fully saturated rings. The Labute approximate surface area is 276 Å². The lowest BCUT2D eigenvalue weighted by Crippen LogP contribution is -2.40. The number of nitro groups is 1. The van der Waals surface area contributed by atoms with Crippen LogP contribution in [-0.4, -0.2) is 48.4 Å². The molecule has 3 heterocycles. The number of carbonyl (C=O) groups excluding carboxylic acids is 2. The van der Waals surface area contributed by atoms with Crippen molar-refractivity contribution in [3.8, 4) is 22.8 Å². The number of allylic oxidation sites excluding steroid dienone is 1. The molecule has 0 saturated heterocycles. The number of furan rings is 1. The molecule has 0 bridgehead atoms. The summed E-state index contributed by atoms with van der Waals surface area (Å²) in [5.74, 6) is -0.00726. The number of nitro benzene ring substituents is 1. The first-order valence-electron chi connectivity index (χ1n) is 14.3. The van der Waals surface area contributed by atoms with E-state index >= 15 is 0 Å². The molecule has 244 valence electrons. The molecule has 47 heavy (non-hydrogen) atoms. The highest BCUT2D eigenvalue weighted by molar-refractivity contribution is 7.07. The Morgan fingerprint density at radius 1 is 1.11 bits per heavy atom. The van der Waals surface area contributed by atoms with Crippen molar-refractivity contribution < 1.29 is 37.9 Å². The summed E-state index contributed by atoms with van der Waals surface area (Å²) < 4.78 is 29.0. The smallest absolute Gasteiger partial charge is 0.343 e. The van der Waals surface area contributed by atoms with Crippen molar-refractivity contribution in [3.63, 3.8) is 0 Å². The van der Waals surface area contributed by atoms with Crippen LogP contribution in [0.25, 0.3) is 17.4 Å². The number of nitrogens with zero attached hydrogens (tertiary/aromatic N) is 3. The van der Waals surface area contributed by atoms with Crippen LogP contribution < -0.4 is 24.4 Å². The Balaban J connectivity index is 1.61. The quantitative estimate of drug-likeness (QED) is 0.125. The maximum absolute atomic E-state index is 14.0. The molecule has 13 nitrogen and oxygen atoms in total. The van der Waals surface area contributed by atoms with Crippen LogP contribution in [0.5, 0.6) is 11.5 Å². The summed E-state index contributed by atoms with van der Waals surface area (Å²) in [6.45, 7) is 5.16. The van der Waals surface area contributed by atoms with Crippen LogP contribution in [0.3, 0.4) is 0 Å². The number of methoxy groups -OCH3 is 1. The number of carbonyl (C=O) groups is 2. The molecule has 1 aliphatic rings. The zero-order valence-corrected chi connectivity index (χ0v) is 27.2. The maximum Gasteiger partial charge on any atom is 0.343 e. The summed E-state index contributed by atoms with van der Waals surface area (Å²) in [5.41, 5.74) is 0.765. The predicted molar refractivity (Wildman–Crippen MR) is 171 cm³/mol. The van der Waals surface area contributed by atoms with Gasteiger partial charge in [-0.2, -0.15) is 0 Å². The average molecular weight is 682 g/mol. The number of hydrogen-bond acceptors (Lipinski definition) is 12. The van der Waals surface area contributed by atoms with Crippen LogP contribution >= 0.6 is 22.9 Å². The fourth-order valence-electron chi connectivity index (χ4n) is 4.91. The Hall–Kier alpha value is -5.21. The monoisotopic (exact) mass is 681 g/mol. The van der Waals surface area contributed by atoms with Crippen LogP contribution in [0.1, 0.15) is 38.1 Å². The zero-order chi connectivity index (χ0) is 33.8. The van der Waals surface area contributed by atoms with Gasteiger partial charge in [-0.1, -0.05) is 29.0 Å². The summed E-state index contributed by atoms with van der Waals surface area (Å²) >= 11 is 7.05. The number of esters is 2. The van der Waals surface area contributed by atoms with Gasteiger partial charge in [0.2, 0.25) is 0 Å². The second kappa shape index (κ2) is 14.1. The van der Waals surface area contributed by atoms with Crippen LogP contribution in [0.15, 0.2) is 74.0 Å². The van der Waals surface area contributed by atoms with Crippen molar-refractivity contribution in [1.29, 1.82) is 0 Å². The van der Waals surface area contributed by atoms with Crippen LogP contribution in [-0.2, 0) is 19.1 Å². The number of halogens is 1. The molecule has 2 aromatic heterocycles. The van der Waals surface area contributed by atoms with Gasteiger partial charge in [0, 0.05) is 17.7 Å². The Morgan fingerprint density at radius 3 is 2.60 bits per heavy atom. The largest absolute Gasteiger partial charge is 0.490 e. The molecule has 1 atom stereocenters. The summed E-state index contributed by atoms with van der Waals surface area (Å²) in [4.78, 5) is 54.7. The number of ether oxygens (including phenoxy) is 4. The van der Waals surface area contributed by atoms with Crippen molar-refractivity contribution in [3.05, 3.63) is 106 Å². The van der Waals surface area contributed by atoms with Gasteiger partial charge in [-0.15, -0.1) is 0 Å². The van der Waals surface area contributed by atoms with Gasteiger partial charge in [0.1, 0.15) is 16.5 Å². The molecule has 1 aliphatic heterocycles. The molecule has 0 spiro atoms. The number of rotatable bonds is 11. The first-order chi connectivity index (χ1) is 22.6. The highest BCUT2D eigenvalue weighted by Crippen LogP contribution is 2.37. The second-order valence-corrected chi connectivity index (χ2v) is 11.3. The third-order valence-electron chi connectivity index (χ3n) is 7.00. The SMILES string of the molecule is CCOC(=O)C1=C(C)N=c2s/c(=C/c3ccc(-c4ccc(Cl)c([N+](=O)[O-])c4)o3)c(=O)n2[C@H]1c1ccc(OCC(=O)OC)c(OCC)c1. The van der Waals surface area contributed by atoms with E-state index in [1.807, 2.05) is 0 Å². The van der Waals surface area contributed by atoms with Gasteiger partial charge >= 0.3 is 11.9 Å². The fourth-order valence-corrected chi connectivity index (χ4v) is 6.12. The minimum absolute atomic E-state index is 0.00425. The minimum Gasteiger partial charge on any atom is -0.490 e. The summed E-state index contributed by atoms with van der Waals surface area (Å²) in [5, 5.41) is 11.3. The first kappa shape index (κ1) is 33.2. The zero-order valence-electron chi connectivity index (χ0n) is 25.6. The van der Waals surface area contributed by atoms with Gasteiger partial charge in [0.05, 0.1) is 47.1 Å². The van der Waals surface area contributed by atoms with Crippen molar-refractivity contribution in [2.45, 2.75) is 26.8 Å². The third kappa shape index (κ3) is 6.83. The van der Waals surface area contributed by atoms with E-state index in [4.69, 9.17) is 30.2 Å². The van der Waals surface area contributed by atoms with Crippen molar-refractivity contribution in [1.82, 2.24) is 4.57 Å². The standard InChI is InChI=1S/C32H28ClN3O10S/c1-5-43-25-14-19(8-11-24(25)45-16-27(37)42-4)29-28(31(39)44-6-2)17(3)34-32-35(29)30(38)26(47-32)15-20-9-12-23(46-20)18-7-10-21(33)22(13-18)36(40)41/h7-15,29H,5-6,16H2,1-4H3/b26-15+/t29-/m0/s1. The lowest BCUT2D eigenvalue weighted by atomic mass is 9.95. The van der Waals surface area contributed by atoms with Crippen molar-refractivity contribution >= 4 is 46.6 Å². The molecular weight excluding hydrogens is 654 g/mol. The average Bonchev–Trinajstić information content (AvgIpc) is 3.63. The number of aromatic nitrogens is 1. The van der Waals surface area contributed by atoms with E-state index < -0.39 is 28.5 Å². The Morgan fingerprint density at radius 2 is 1.89 bits per heavy atom. The van der Waals surface area contributed by atoms with Gasteiger partial charge in [0.25, 0.3) is 11.2 Å². The molecule has 0 unspecified atom stereocenters. The normalized spacial score (nSPS) is 14.3. The Kier molecular flexibility index (Phi) is 9.92. The molecule has 2 aromatic carbocycles. The molecule has 15 heteroatoms. The fraction of sp³-hybridized carbons (Fsp3) is 0.250. The number of hydrogen-bond donors (Lipinski definition) is 0. The van der Waals surface area contributed by atoms with Gasteiger partial charge in [0.15, 0.2) is 22.9 Å². The number of benzene rings is 2. The van der Waals surface area contributed by atoms with Crippen LogP contribution in [0.4, 0.5) is 5.69 Å². The van der Waals surface area contributed by atoms with E-state index in [0.717, 1.165) is 11.3 Å². The van der Waals surface area contributed by atoms with Gasteiger partial charge in [-0.25, -0.2) is 14.6 Å². The number of thiazole rings is 1. The first-order valence-corrected chi connectivity index (χ1v) is 15.5. The van der Waals surface area contributed by atoms with E-state index in [2.05, 4.69) is 9.73 Å². The molecule has 0 saturated carbocycles. The summed E-state index contributed by atoms with van der Waals surface area (Å²) in [6, 6.07) is 11.5. The molecule has 0 N–H and O–H groups in total. The van der Waals surface area contributed by atoms with E-state index in [1.165, 1.54) is 29.9 Å². The maximum atomic E-state index is 14.0. The molecule has 5 rings (SSSR count). The van der Waals surface area contributed by atoms with Crippen molar-refractivity contribution in [2.24, 2.45) is 4.99 Å². The van der Waals surface area contributed by atoms with E-state index in [-0.39, 0.29) is 46.4 Å². The van der Waals surface area contributed by atoms with E-state index in [9.17, 15) is 24.5 Å². The highest BCUT2D eigenvalue weighted by Gasteiger charge is 2.34. The Bertz CT molecular complexity index is 2100. The number of fused-ring (bicyclic) bond motifs is 1. The highest BCUT2D eigenvalue weighted by atomic mass is 35.5. The second-order valence-electron chi connectivity index (χ2n) is 9.93. The van der Waals surface area contributed by atoms with Gasteiger partial charge < -0.3 is 23.4 Å². The third-order valence-corrected chi connectivity index (χ3v) is 8.30. The minimum atomic E-state index is -0.942. The van der Waals surface area contributed by atoms with Crippen LogP contribution in [0.2, 0.25) is 5.02 Å². The van der Waals surface area contributed by atoms with Crippen LogP contribution in [0, 0.1) is 10.1 Å². The molecular formula is C32H28ClN3O10S.